The van der Waals surface area contributed by atoms with Crippen LogP contribution in [0, 0.1) is 0 Å². The molecule has 0 radical (unpaired) electrons. The lowest BCUT2D eigenvalue weighted by Crippen LogP contribution is -2.35. The molecule has 6 nitrogen and oxygen atoms in total. The number of rotatable bonds is 3. The Morgan fingerprint density at radius 3 is 2.45 bits per heavy atom. The van der Waals surface area contributed by atoms with Crippen molar-refractivity contribution >= 4 is 53.4 Å². The lowest BCUT2D eigenvalue weighted by molar-refractivity contribution is 0.0998. The van der Waals surface area contributed by atoms with Crippen molar-refractivity contribution < 1.29 is 13.2 Å². The summed E-state index contributed by atoms with van der Waals surface area (Å²) in [6.45, 7) is 0.792. The number of sulfonamides is 1. The lowest BCUT2D eigenvalue weighted by atomic mass is 10.0. The predicted octanol–water partition coefficient (Wildman–Crippen LogP) is 4.49. The van der Waals surface area contributed by atoms with Gasteiger partial charge in [-0.25, -0.2) is 8.42 Å². The Bertz CT molecular complexity index is 1550. The first kappa shape index (κ1) is 22.2. The summed E-state index contributed by atoms with van der Waals surface area (Å²) < 4.78 is 31.6. The first-order chi connectivity index (χ1) is 15.8. The fourth-order valence-electron chi connectivity index (χ4n) is 4.01. The SMILES string of the molecule is Cn1c(=NC(=O)c2ccc(S(=O)(=O)N3CCc4ccccc4C3)cc2)sc2cccc(Br)c21. The number of fused-ring (bicyclic) bond motifs is 2. The number of para-hydroxylation sites is 1. The van der Waals surface area contributed by atoms with Gasteiger partial charge in [-0.15, -0.1) is 0 Å². The van der Waals surface area contributed by atoms with E-state index in [-0.39, 0.29) is 4.90 Å². The van der Waals surface area contributed by atoms with Crippen LogP contribution in [0.3, 0.4) is 0 Å². The minimum atomic E-state index is -3.65. The molecular formula is C24H20BrN3O3S2. The first-order valence-electron chi connectivity index (χ1n) is 10.3. The molecule has 3 aromatic carbocycles. The highest BCUT2D eigenvalue weighted by atomic mass is 79.9. The summed E-state index contributed by atoms with van der Waals surface area (Å²) in [4.78, 5) is 17.8. The van der Waals surface area contributed by atoms with Crippen molar-refractivity contribution in [3.05, 3.63) is 92.7 Å². The molecule has 1 aliphatic rings. The molecule has 33 heavy (non-hydrogen) atoms. The fourth-order valence-corrected chi connectivity index (χ4v) is 7.23. The van der Waals surface area contributed by atoms with Gasteiger partial charge in [0, 0.05) is 30.2 Å². The summed E-state index contributed by atoms with van der Waals surface area (Å²) in [5.74, 6) is -0.413. The van der Waals surface area contributed by atoms with Crippen LogP contribution in [-0.2, 0) is 30.0 Å². The first-order valence-corrected chi connectivity index (χ1v) is 13.4. The number of thiazole rings is 1. The number of hydrogen-bond acceptors (Lipinski definition) is 4. The number of halogens is 1. The molecule has 168 valence electrons. The molecule has 0 saturated heterocycles. The monoisotopic (exact) mass is 541 g/mol. The standard InChI is InChI=1S/C24H20BrN3O3S2/c1-27-22-20(25)7-4-8-21(22)32-24(27)26-23(29)17-9-11-19(12-10-17)33(30,31)28-14-13-16-5-2-3-6-18(16)15-28/h2-12H,13-15H2,1H3. The van der Waals surface area contributed by atoms with Crippen molar-refractivity contribution in [3.63, 3.8) is 0 Å². The zero-order chi connectivity index (χ0) is 23.2. The quantitative estimate of drug-likeness (QED) is 0.383. The van der Waals surface area contributed by atoms with Gasteiger partial charge in [0.2, 0.25) is 10.0 Å². The summed E-state index contributed by atoms with van der Waals surface area (Å²) in [5.41, 5.74) is 3.53. The average molecular weight is 542 g/mol. The van der Waals surface area contributed by atoms with Gasteiger partial charge in [0.25, 0.3) is 5.91 Å². The summed E-state index contributed by atoms with van der Waals surface area (Å²) in [7, 11) is -1.79. The van der Waals surface area contributed by atoms with E-state index < -0.39 is 15.9 Å². The van der Waals surface area contributed by atoms with Gasteiger partial charge in [-0.2, -0.15) is 9.30 Å². The van der Waals surface area contributed by atoms with E-state index in [1.165, 1.54) is 45.5 Å². The van der Waals surface area contributed by atoms with E-state index in [2.05, 4.69) is 20.9 Å². The minimum Gasteiger partial charge on any atom is -0.318 e. The molecule has 1 aromatic heterocycles. The largest absolute Gasteiger partial charge is 0.318 e. The van der Waals surface area contributed by atoms with Gasteiger partial charge in [-0.1, -0.05) is 41.7 Å². The number of aromatic nitrogens is 1. The third kappa shape index (κ3) is 4.10. The molecule has 4 aromatic rings. The molecule has 0 N–H and O–H groups in total. The van der Waals surface area contributed by atoms with E-state index in [4.69, 9.17) is 0 Å². The number of amides is 1. The van der Waals surface area contributed by atoms with Crippen LogP contribution in [0.4, 0.5) is 0 Å². The van der Waals surface area contributed by atoms with Gasteiger partial charge in [-0.3, -0.25) is 4.79 Å². The second-order valence-corrected chi connectivity index (χ2v) is 11.6. The predicted molar refractivity (Wildman–Crippen MR) is 133 cm³/mol. The molecule has 1 amide bonds. The highest BCUT2D eigenvalue weighted by Gasteiger charge is 2.28. The molecule has 0 unspecified atom stereocenters. The highest BCUT2D eigenvalue weighted by Crippen LogP contribution is 2.26. The molecule has 0 atom stereocenters. The second-order valence-electron chi connectivity index (χ2n) is 7.83. The van der Waals surface area contributed by atoms with Gasteiger partial charge in [0.05, 0.1) is 15.1 Å². The molecule has 2 heterocycles. The van der Waals surface area contributed by atoms with E-state index >= 15 is 0 Å². The number of hydrogen-bond donors (Lipinski definition) is 0. The molecule has 0 saturated carbocycles. The van der Waals surface area contributed by atoms with Crippen LogP contribution < -0.4 is 4.80 Å². The number of benzene rings is 3. The van der Waals surface area contributed by atoms with Gasteiger partial charge >= 0.3 is 0 Å². The maximum absolute atomic E-state index is 13.2. The topological polar surface area (TPSA) is 71.7 Å². The molecule has 1 aliphatic heterocycles. The van der Waals surface area contributed by atoms with Crippen molar-refractivity contribution in [2.75, 3.05) is 6.54 Å². The van der Waals surface area contributed by atoms with E-state index in [1.54, 1.807) is 0 Å². The van der Waals surface area contributed by atoms with E-state index in [1.807, 2.05) is 54.1 Å². The Morgan fingerprint density at radius 2 is 1.73 bits per heavy atom. The Balaban J connectivity index is 1.41. The van der Waals surface area contributed by atoms with Crippen LogP contribution in [-0.4, -0.2) is 29.7 Å². The van der Waals surface area contributed by atoms with E-state index in [9.17, 15) is 13.2 Å². The van der Waals surface area contributed by atoms with Crippen LogP contribution in [0.25, 0.3) is 10.2 Å². The maximum atomic E-state index is 13.2. The lowest BCUT2D eigenvalue weighted by Gasteiger charge is -2.28. The van der Waals surface area contributed by atoms with Crippen LogP contribution in [0.15, 0.2) is 81.1 Å². The van der Waals surface area contributed by atoms with Crippen LogP contribution in [0.2, 0.25) is 0 Å². The number of carbonyl (C=O) groups excluding carboxylic acids is 1. The summed E-state index contributed by atoms with van der Waals surface area (Å²) >= 11 is 4.96. The van der Waals surface area contributed by atoms with Crippen molar-refractivity contribution in [1.29, 1.82) is 0 Å². The van der Waals surface area contributed by atoms with Crippen molar-refractivity contribution in [3.8, 4) is 0 Å². The Kier molecular flexibility index (Phi) is 5.82. The zero-order valence-corrected chi connectivity index (χ0v) is 21.0. The van der Waals surface area contributed by atoms with Crippen LogP contribution >= 0.6 is 27.3 Å². The van der Waals surface area contributed by atoms with Crippen molar-refractivity contribution in [1.82, 2.24) is 8.87 Å². The molecule has 0 bridgehead atoms. The Labute approximate surface area is 204 Å². The minimum absolute atomic E-state index is 0.176. The van der Waals surface area contributed by atoms with Crippen molar-refractivity contribution in [2.24, 2.45) is 12.0 Å². The smallest absolute Gasteiger partial charge is 0.279 e. The summed E-state index contributed by atoms with van der Waals surface area (Å²) in [5, 5.41) is 0. The fraction of sp³-hybridized carbons (Fsp3) is 0.167. The molecule has 5 rings (SSSR count). The molecular weight excluding hydrogens is 522 g/mol. The molecule has 0 aliphatic carbocycles. The number of carbonyl (C=O) groups is 1. The molecule has 0 fully saturated rings. The third-order valence-corrected chi connectivity index (χ3v) is 9.40. The highest BCUT2D eigenvalue weighted by molar-refractivity contribution is 9.10. The second kappa shape index (κ2) is 8.64. The third-order valence-electron chi connectivity index (χ3n) is 5.81. The summed E-state index contributed by atoms with van der Waals surface area (Å²) in [6, 6.07) is 19.8. The number of aryl methyl sites for hydroxylation is 1. The normalized spacial score (nSPS) is 15.0. The Hall–Kier alpha value is -2.59. The average Bonchev–Trinajstić information content (AvgIpc) is 3.15. The van der Waals surface area contributed by atoms with E-state index in [0.717, 1.165) is 20.3 Å². The van der Waals surface area contributed by atoms with Crippen molar-refractivity contribution in [2.45, 2.75) is 17.9 Å². The van der Waals surface area contributed by atoms with Gasteiger partial charge in [-0.05, 0) is 69.9 Å². The molecule has 9 heteroatoms. The Morgan fingerprint density at radius 1 is 1.00 bits per heavy atom. The zero-order valence-electron chi connectivity index (χ0n) is 17.7. The summed E-state index contributed by atoms with van der Waals surface area (Å²) in [6.07, 6.45) is 0.688. The van der Waals surface area contributed by atoms with Crippen LogP contribution in [0.1, 0.15) is 21.5 Å². The van der Waals surface area contributed by atoms with Gasteiger partial charge in [0.15, 0.2) is 4.80 Å². The van der Waals surface area contributed by atoms with E-state index in [0.29, 0.717) is 29.9 Å². The molecule has 0 spiro atoms. The number of nitrogens with zero attached hydrogens (tertiary/aromatic N) is 3. The van der Waals surface area contributed by atoms with Gasteiger partial charge < -0.3 is 4.57 Å². The maximum Gasteiger partial charge on any atom is 0.279 e. The van der Waals surface area contributed by atoms with Crippen LogP contribution in [0.5, 0.6) is 0 Å². The van der Waals surface area contributed by atoms with Gasteiger partial charge in [0.1, 0.15) is 0 Å².